The summed E-state index contributed by atoms with van der Waals surface area (Å²) in [6.07, 6.45) is 1.33. The van der Waals surface area contributed by atoms with E-state index in [1.807, 2.05) is 0 Å². The monoisotopic (exact) mass is 135 g/mol. The topological polar surface area (TPSA) is 12.5 Å². The van der Waals surface area contributed by atoms with E-state index >= 15 is 0 Å². The number of hydrogen-bond acceptors (Lipinski definition) is 2. The van der Waals surface area contributed by atoms with Crippen molar-refractivity contribution < 1.29 is 4.74 Å². The van der Waals surface area contributed by atoms with Gasteiger partial charge in [-0.25, -0.2) is 0 Å². The Morgan fingerprint density at radius 3 is 2.60 bits per heavy atom. The molecule has 1 aliphatic heterocycles. The maximum absolute atomic E-state index is 5.24. The number of hydrogen-bond donors (Lipinski definition) is 0. The fourth-order valence-corrected chi connectivity index (χ4v) is 1.21. The molecule has 0 N–H and O–H groups in total. The molecule has 10 heavy (non-hydrogen) atoms. The molecule has 0 saturated carbocycles. The van der Waals surface area contributed by atoms with Crippen molar-refractivity contribution in [2.24, 2.45) is 0 Å². The summed E-state index contributed by atoms with van der Waals surface area (Å²) < 4.78 is 5.24. The van der Waals surface area contributed by atoms with Gasteiger partial charge in [0.1, 0.15) is 0 Å². The van der Waals surface area contributed by atoms with Gasteiger partial charge in [-0.05, 0) is 0 Å². The van der Waals surface area contributed by atoms with Crippen molar-refractivity contribution in [2.75, 3.05) is 32.8 Å². The van der Waals surface area contributed by atoms with Crippen LogP contribution in [0.15, 0.2) is 0 Å². The Morgan fingerprint density at radius 1 is 1.30 bits per heavy atom. The van der Waals surface area contributed by atoms with Crippen LogP contribution in [0.4, 0.5) is 0 Å². The summed E-state index contributed by atoms with van der Waals surface area (Å²) in [5, 5.41) is 1.30. The second kappa shape index (κ2) is 5.21. The van der Waals surface area contributed by atoms with Crippen LogP contribution in [0.25, 0.3) is 0 Å². The van der Waals surface area contributed by atoms with Crippen molar-refractivity contribution in [1.29, 1.82) is 0 Å². The summed E-state index contributed by atoms with van der Waals surface area (Å²) in [6.45, 7) is 5.41. The number of morpholine rings is 1. The third-order valence-electron chi connectivity index (χ3n) is 1.93. The van der Waals surface area contributed by atoms with E-state index in [9.17, 15) is 0 Å². The van der Waals surface area contributed by atoms with E-state index in [0.29, 0.717) is 0 Å². The van der Waals surface area contributed by atoms with Crippen molar-refractivity contribution in [2.45, 2.75) is 11.5 Å². The van der Waals surface area contributed by atoms with E-state index in [1.165, 1.54) is 18.1 Å². The fourth-order valence-electron chi connectivity index (χ4n) is 1.21. The van der Waals surface area contributed by atoms with Crippen LogP contribution in [0.2, 0.25) is 5.09 Å². The van der Waals surface area contributed by atoms with E-state index < -0.39 is 0 Å². The molecule has 0 amide bonds. The van der Waals surface area contributed by atoms with Crippen LogP contribution in [-0.2, 0) is 4.74 Å². The number of nitrogens with zero attached hydrogens (tertiary/aromatic N) is 1. The molecule has 2 nitrogen and oxygen atoms in total. The van der Waals surface area contributed by atoms with E-state index in [0.717, 1.165) is 26.3 Å². The van der Waals surface area contributed by atoms with Crippen molar-refractivity contribution in [3.05, 3.63) is 0 Å². The number of ether oxygens (including phenoxy) is 1. The number of rotatable bonds is 3. The molecule has 0 bridgehead atoms. The van der Waals surface area contributed by atoms with Gasteiger partial charge in [0.25, 0.3) is 0 Å². The Bertz CT molecular complexity index is 83.7. The third kappa shape index (κ3) is 3.07. The second-order valence-electron chi connectivity index (χ2n) is 2.81. The zero-order valence-corrected chi connectivity index (χ0v) is 6.81. The van der Waals surface area contributed by atoms with E-state index in [-0.39, 0.29) is 0 Å². The van der Waals surface area contributed by atoms with Gasteiger partial charge in [0.2, 0.25) is 0 Å². The fraction of sp³-hybridized carbons (Fsp3) is 1.00. The minimum absolute atomic E-state index is 0.934. The summed E-state index contributed by atoms with van der Waals surface area (Å²) in [5.41, 5.74) is 0. The van der Waals surface area contributed by atoms with Crippen LogP contribution in [0.3, 0.4) is 0 Å². The zero-order valence-electron chi connectivity index (χ0n) is 6.81. The van der Waals surface area contributed by atoms with Crippen molar-refractivity contribution in [3.8, 4) is 0 Å². The molecule has 0 spiro atoms. The van der Waals surface area contributed by atoms with Gasteiger partial charge in [-0.2, -0.15) is 0 Å². The van der Waals surface area contributed by atoms with Crippen molar-refractivity contribution in [3.63, 3.8) is 0 Å². The Labute approximate surface area is 72.1 Å². The molecule has 1 rings (SSSR count). The van der Waals surface area contributed by atoms with Gasteiger partial charge in [0.05, 0.1) is 0 Å². The summed E-state index contributed by atoms with van der Waals surface area (Å²) in [4.78, 5) is 2.48. The first-order chi connectivity index (χ1) is 4.93. The molecule has 0 aromatic carbocycles. The molecule has 0 unspecified atom stereocenters. The first-order valence-corrected chi connectivity index (χ1v) is 4.23. The van der Waals surface area contributed by atoms with E-state index in [4.69, 9.17) is 4.74 Å². The van der Waals surface area contributed by atoms with Gasteiger partial charge in [0, 0.05) is 0 Å². The third-order valence-corrected chi connectivity index (χ3v) is 1.93. The predicted molar refractivity (Wildman–Crippen MR) is 42.4 cm³/mol. The average Bonchev–Trinajstić information content (AvgIpc) is 2.03. The molecule has 0 atom stereocenters. The van der Waals surface area contributed by atoms with E-state index in [1.54, 1.807) is 0 Å². The van der Waals surface area contributed by atoms with Crippen molar-refractivity contribution >= 4 is 17.7 Å². The Morgan fingerprint density at radius 2 is 2.00 bits per heavy atom. The first kappa shape index (κ1) is 8.61. The van der Waals surface area contributed by atoms with Crippen LogP contribution in [0.1, 0.15) is 6.42 Å². The molecule has 0 aliphatic carbocycles. The Kier molecular flexibility index (Phi) is 4.48. The standard InChI is InChI=1S/C7H14NO.Li/c1-2-3-8-4-6-9-7-5-8;/h1-7H2;. The summed E-state index contributed by atoms with van der Waals surface area (Å²) in [5.74, 6) is 0. The molecule has 1 saturated heterocycles. The second-order valence-corrected chi connectivity index (χ2v) is 2.81. The van der Waals surface area contributed by atoms with Crippen LogP contribution >= 0.6 is 0 Å². The van der Waals surface area contributed by atoms with Gasteiger partial charge in [0.15, 0.2) is 0 Å². The maximum atomic E-state index is 5.24. The van der Waals surface area contributed by atoms with E-state index in [2.05, 4.69) is 22.6 Å². The molecule has 1 aliphatic rings. The predicted octanol–water partition coefficient (Wildman–Crippen LogP) is 0.295. The van der Waals surface area contributed by atoms with Crippen LogP contribution < -0.4 is 0 Å². The molecular formula is C7H14LiNO. The molecule has 1 heterocycles. The van der Waals surface area contributed by atoms with Crippen LogP contribution in [-0.4, -0.2) is 55.5 Å². The molecule has 3 heteroatoms. The Hall–Kier alpha value is 0.517. The van der Waals surface area contributed by atoms with Gasteiger partial charge < -0.3 is 0 Å². The van der Waals surface area contributed by atoms with Gasteiger partial charge in [-0.3, -0.25) is 0 Å². The molecule has 0 radical (unpaired) electrons. The quantitative estimate of drug-likeness (QED) is 0.516. The van der Waals surface area contributed by atoms with Crippen molar-refractivity contribution in [1.82, 2.24) is 4.90 Å². The molecule has 0 aromatic heterocycles. The summed E-state index contributed by atoms with van der Waals surface area (Å²) in [7, 11) is 0. The Balaban J connectivity index is 2.02. The SMILES string of the molecule is [Li][CH2]CCN1CCOCC1. The normalized spacial score (nSPS) is 21.4. The molecule has 1 fully saturated rings. The molecule has 54 valence electrons. The molecule has 0 aromatic rings. The minimum atomic E-state index is 0.934. The van der Waals surface area contributed by atoms with Gasteiger partial charge >= 0.3 is 71.7 Å². The van der Waals surface area contributed by atoms with Crippen LogP contribution in [0.5, 0.6) is 0 Å². The van der Waals surface area contributed by atoms with Gasteiger partial charge in [-0.15, -0.1) is 0 Å². The van der Waals surface area contributed by atoms with Crippen LogP contribution in [0, 0.1) is 0 Å². The first-order valence-electron chi connectivity index (χ1n) is 4.23. The summed E-state index contributed by atoms with van der Waals surface area (Å²) >= 11 is 2.24. The molecular weight excluding hydrogens is 121 g/mol. The zero-order chi connectivity index (χ0) is 7.23. The average molecular weight is 135 g/mol. The van der Waals surface area contributed by atoms with Gasteiger partial charge in [-0.1, -0.05) is 0 Å². The summed E-state index contributed by atoms with van der Waals surface area (Å²) in [6, 6.07) is 0.